The molecule has 0 aromatic heterocycles. The summed E-state index contributed by atoms with van der Waals surface area (Å²) in [5.74, 6) is -2.48. The van der Waals surface area contributed by atoms with Gasteiger partial charge in [0.1, 0.15) is 12.6 Å². The average molecular weight is 561 g/mol. The first-order chi connectivity index (χ1) is 18.1. The molecule has 1 aromatic carbocycles. The standard InChI is InChI=1S/C29H37ClN2O5S/c1-6-15-31(20-12-10-9-11-19(20)30)26(35)24-29-14-13-28(5,38-29)23(27(36)37-16-7-2)22(29)25(34)32(24)21(17-33)18(4)8-3/h6-7,9-12,18,21-24,33H,1-2,8,13-17H2,3-5H3/t18-,21-,22-,23-,24?,28+,29?/m0/s1. The van der Waals surface area contributed by atoms with Gasteiger partial charge in [0.15, 0.2) is 0 Å². The topological polar surface area (TPSA) is 87.1 Å². The van der Waals surface area contributed by atoms with E-state index in [2.05, 4.69) is 13.2 Å². The zero-order valence-electron chi connectivity index (χ0n) is 22.3. The summed E-state index contributed by atoms with van der Waals surface area (Å²) in [5.41, 5.74) is 0.529. The second kappa shape index (κ2) is 11.1. The molecule has 7 atom stereocenters. The fourth-order valence-corrected chi connectivity index (χ4v) is 9.22. The minimum absolute atomic E-state index is 0.0574. The zero-order valence-corrected chi connectivity index (χ0v) is 23.8. The highest BCUT2D eigenvalue weighted by atomic mass is 35.5. The molecule has 0 saturated carbocycles. The molecule has 206 valence electrons. The van der Waals surface area contributed by atoms with Crippen molar-refractivity contribution < 1.29 is 24.2 Å². The highest BCUT2D eigenvalue weighted by Crippen LogP contribution is 2.72. The number of aliphatic hydroxyl groups excluding tert-OH is 1. The molecule has 2 bridgehead atoms. The Labute approximate surface area is 234 Å². The van der Waals surface area contributed by atoms with E-state index in [1.807, 2.05) is 26.8 Å². The lowest BCUT2D eigenvalue weighted by atomic mass is 9.66. The van der Waals surface area contributed by atoms with Crippen LogP contribution in [0.2, 0.25) is 5.02 Å². The molecule has 1 N–H and O–H groups in total. The normalized spacial score (nSPS) is 31.0. The highest BCUT2D eigenvalue weighted by Gasteiger charge is 2.78. The summed E-state index contributed by atoms with van der Waals surface area (Å²) in [6, 6.07) is 5.64. The van der Waals surface area contributed by atoms with Crippen LogP contribution in [0.1, 0.15) is 40.0 Å². The van der Waals surface area contributed by atoms with Gasteiger partial charge >= 0.3 is 5.97 Å². The van der Waals surface area contributed by atoms with E-state index in [9.17, 15) is 19.5 Å². The number of hydrogen-bond acceptors (Lipinski definition) is 6. The third kappa shape index (κ3) is 4.38. The van der Waals surface area contributed by atoms with Gasteiger partial charge in [-0.15, -0.1) is 18.3 Å². The zero-order chi connectivity index (χ0) is 27.8. The maximum atomic E-state index is 14.7. The molecule has 3 aliphatic rings. The second-order valence-corrected chi connectivity index (χ2v) is 13.0. The molecule has 1 spiro atoms. The van der Waals surface area contributed by atoms with Crippen molar-refractivity contribution in [1.82, 2.24) is 4.90 Å². The number of amides is 2. The summed E-state index contributed by atoms with van der Waals surface area (Å²) >= 11 is 8.10. The summed E-state index contributed by atoms with van der Waals surface area (Å²) in [6.45, 7) is 13.4. The Hall–Kier alpha value is -2.29. The number of thioether (sulfide) groups is 1. The molecule has 3 fully saturated rings. The van der Waals surface area contributed by atoms with E-state index < -0.39 is 39.4 Å². The number of aliphatic hydroxyl groups is 1. The largest absolute Gasteiger partial charge is 0.461 e. The average Bonchev–Trinajstić information content (AvgIpc) is 3.47. The van der Waals surface area contributed by atoms with Crippen LogP contribution in [-0.2, 0) is 19.1 Å². The van der Waals surface area contributed by atoms with Gasteiger partial charge in [0.05, 0.1) is 39.9 Å². The first-order valence-electron chi connectivity index (χ1n) is 13.2. The second-order valence-electron chi connectivity index (χ2n) is 10.7. The quantitative estimate of drug-likeness (QED) is 0.317. The fourth-order valence-electron chi connectivity index (χ4n) is 6.66. The van der Waals surface area contributed by atoms with E-state index in [1.165, 1.54) is 6.08 Å². The predicted octanol–water partition coefficient (Wildman–Crippen LogP) is 4.48. The Balaban J connectivity index is 1.87. The Morgan fingerprint density at radius 1 is 1.32 bits per heavy atom. The first kappa shape index (κ1) is 28.7. The summed E-state index contributed by atoms with van der Waals surface area (Å²) in [5, 5.41) is 10.9. The molecule has 3 heterocycles. The number of ether oxygens (including phenoxy) is 1. The minimum Gasteiger partial charge on any atom is -0.461 e. The van der Waals surface area contributed by atoms with Crippen LogP contribution >= 0.6 is 23.4 Å². The van der Waals surface area contributed by atoms with Crippen molar-refractivity contribution in [2.45, 2.75) is 61.6 Å². The van der Waals surface area contributed by atoms with Crippen molar-refractivity contribution in [2.75, 3.05) is 24.7 Å². The number of benzene rings is 1. The molecule has 7 nitrogen and oxygen atoms in total. The van der Waals surface area contributed by atoms with E-state index in [1.54, 1.807) is 45.8 Å². The number of hydrogen-bond donors (Lipinski definition) is 1. The van der Waals surface area contributed by atoms with E-state index in [0.717, 1.165) is 0 Å². The molecule has 9 heteroatoms. The van der Waals surface area contributed by atoms with Gasteiger partial charge in [-0.05, 0) is 37.8 Å². The number of likely N-dealkylation sites (tertiary alicyclic amines) is 1. The lowest BCUT2D eigenvalue weighted by Crippen LogP contribution is -2.58. The smallest absolute Gasteiger partial charge is 0.311 e. The van der Waals surface area contributed by atoms with Gasteiger partial charge < -0.3 is 19.6 Å². The predicted molar refractivity (Wildman–Crippen MR) is 151 cm³/mol. The Kier molecular flexibility index (Phi) is 8.36. The van der Waals surface area contributed by atoms with E-state index in [-0.39, 0.29) is 37.5 Å². The first-order valence-corrected chi connectivity index (χ1v) is 14.4. The minimum atomic E-state index is -0.883. The molecule has 3 aliphatic heterocycles. The van der Waals surface area contributed by atoms with Crippen molar-refractivity contribution in [3.8, 4) is 0 Å². The number of carbonyl (C=O) groups excluding carboxylic acids is 3. The maximum Gasteiger partial charge on any atom is 0.311 e. The van der Waals surface area contributed by atoms with Gasteiger partial charge in [-0.1, -0.05) is 62.7 Å². The van der Waals surface area contributed by atoms with Gasteiger partial charge in [0.2, 0.25) is 5.91 Å². The number of halogens is 1. The van der Waals surface area contributed by atoms with Gasteiger partial charge in [0.25, 0.3) is 5.91 Å². The van der Waals surface area contributed by atoms with Crippen LogP contribution in [0.4, 0.5) is 5.69 Å². The van der Waals surface area contributed by atoms with E-state index >= 15 is 0 Å². The van der Waals surface area contributed by atoms with Gasteiger partial charge in [0, 0.05) is 11.3 Å². The van der Waals surface area contributed by atoms with Crippen LogP contribution in [0.25, 0.3) is 0 Å². The Morgan fingerprint density at radius 3 is 2.63 bits per heavy atom. The van der Waals surface area contributed by atoms with Crippen molar-refractivity contribution in [2.24, 2.45) is 17.8 Å². The molecular weight excluding hydrogens is 524 g/mol. The Bertz CT molecular complexity index is 1130. The number of nitrogens with zero attached hydrogens (tertiary/aromatic N) is 2. The Morgan fingerprint density at radius 2 is 2.03 bits per heavy atom. The van der Waals surface area contributed by atoms with E-state index in [0.29, 0.717) is 30.0 Å². The highest BCUT2D eigenvalue weighted by molar-refractivity contribution is 8.02. The number of esters is 1. The summed E-state index contributed by atoms with van der Waals surface area (Å²) < 4.78 is 4.12. The van der Waals surface area contributed by atoms with Crippen molar-refractivity contribution in [3.63, 3.8) is 0 Å². The van der Waals surface area contributed by atoms with Gasteiger partial charge in [-0.25, -0.2) is 0 Å². The van der Waals surface area contributed by atoms with Crippen LogP contribution in [-0.4, -0.2) is 69.1 Å². The lowest BCUT2D eigenvalue weighted by Gasteiger charge is -2.41. The van der Waals surface area contributed by atoms with Crippen LogP contribution in [0, 0.1) is 17.8 Å². The molecule has 0 aliphatic carbocycles. The van der Waals surface area contributed by atoms with Gasteiger partial charge in [-0.3, -0.25) is 14.4 Å². The molecule has 3 saturated heterocycles. The lowest BCUT2D eigenvalue weighted by molar-refractivity contribution is -0.155. The summed E-state index contributed by atoms with van der Waals surface area (Å²) in [4.78, 5) is 45.6. The SMILES string of the molecule is C=CCOC(=O)[C@@H]1[C@H]2C(=O)N([C@@H](CO)[C@@H](C)CC)C(C(=O)N(CC=C)c3ccccc3Cl)C23CC[C@@]1(C)S3. The summed E-state index contributed by atoms with van der Waals surface area (Å²) in [7, 11) is 0. The van der Waals surface area contributed by atoms with Crippen LogP contribution in [0.15, 0.2) is 49.6 Å². The number of para-hydroxylation sites is 1. The molecule has 2 unspecified atom stereocenters. The summed E-state index contributed by atoms with van der Waals surface area (Å²) in [6.07, 6.45) is 5.13. The molecule has 0 radical (unpaired) electrons. The number of carbonyl (C=O) groups is 3. The number of anilines is 1. The van der Waals surface area contributed by atoms with E-state index in [4.69, 9.17) is 16.3 Å². The van der Waals surface area contributed by atoms with Crippen molar-refractivity contribution >= 4 is 46.8 Å². The van der Waals surface area contributed by atoms with Crippen molar-refractivity contribution in [1.29, 1.82) is 0 Å². The van der Waals surface area contributed by atoms with Crippen LogP contribution in [0.3, 0.4) is 0 Å². The molecule has 38 heavy (non-hydrogen) atoms. The third-order valence-corrected chi connectivity index (χ3v) is 10.9. The third-order valence-electron chi connectivity index (χ3n) is 8.61. The monoisotopic (exact) mass is 560 g/mol. The van der Waals surface area contributed by atoms with Crippen LogP contribution in [0.5, 0.6) is 0 Å². The van der Waals surface area contributed by atoms with Crippen LogP contribution < -0.4 is 4.90 Å². The fraction of sp³-hybridized carbons (Fsp3) is 0.552. The molecule has 2 amide bonds. The molecule has 4 rings (SSSR count). The number of fused-ring (bicyclic) bond motifs is 1. The molecular formula is C29H37ClN2O5S. The molecule has 1 aromatic rings. The maximum absolute atomic E-state index is 14.7. The van der Waals surface area contributed by atoms with Gasteiger partial charge in [-0.2, -0.15) is 0 Å². The van der Waals surface area contributed by atoms with Crippen molar-refractivity contribution in [3.05, 3.63) is 54.6 Å². The number of rotatable bonds is 11.